The van der Waals surface area contributed by atoms with Crippen molar-refractivity contribution in [2.24, 2.45) is 0 Å². The van der Waals surface area contributed by atoms with Crippen LogP contribution in [-0.4, -0.2) is 31.1 Å². The van der Waals surface area contributed by atoms with Crippen LogP contribution in [0.3, 0.4) is 0 Å². The molecule has 5 heteroatoms. The number of rotatable bonds is 3. The number of benzene rings is 1. The maximum atomic E-state index is 13.7. The monoisotopic (exact) mass is 256 g/mol. The lowest BCUT2D eigenvalue weighted by molar-refractivity contribution is 0.196. The number of halogens is 3. The molecule has 1 atom stereocenters. The van der Waals surface area contributed by atoms with Crippen molar-refractivity contribution in [2.45, 2.75) is 6.04 Å². The molecular formula is C13H15F3N2. The van der Waals surface area contributed by atoms with Gasteiger partial charge < -0.3 is 5.32 Å². The van der Waals surface area contributed by atoms with Crippen LogP contribution < -0.4 is 5.32 Å². The first-order chi connectivity index (χ1) is 8.65. The highest BCUT2D eigenvalue weighted by molar-refractivity contribution is 5.27. The number of hydrogen-bond donors (Lipinski definition) is 1. The number of piperazine rings is 1. The first kappa shape index (κ1) is 13.1. The second-order valence-corrected chi connectivity index (χ2v) is 4.22. The molecule has 18 heavy (non-hydrogen) atoms. The van der Waals surface area contributed by atoms with E-state index in [-0.39, 0.29) is 5.56 Å². The third-order valence-corrected chi connectivity index (χ3v) is 3.14. The van der Waals surface area contributed by atoms with E-state index < -0.39 is 23.5 Å². The molecule has 1 aliphatic rings. The Kier molecular flexibility index (Phi) is 4.04. The zero-order valence-electron chi connectivity index (χ0n) is 9.93. The maximum Gasteiger partial charge on any atom is 0.166 e. The maximum absolute atomic E-state index is 13.7. The van der Waals surface area contributed by atoms with E-state index in [1.165, 1.54) is 6.08 Å². The molecule has 1 heterocycles. The van der Waals surface area contributed by atoms with Crippen molar-refractivity contribution < 1.29 is 13.2 Å². The minimum atomic E-state index is -1.13. The fourth-order valence-electron chi connectivity index (χ4n) is 2.22. The van der Waals surface area contributed by atoms with Crippen molar-refractivity contribution in [2.75, 3.05) is 26.2 Å². The van der Waals surface area contributed by atoms with E-state index in [4.69, 9.17) is 0 Å². The Morgan fingerprint density at radius 1 is 1.17 bits per heavy atom. The number of nitrogens with one attached hydrogen (secondary N) is 1. The molecule has 0 unspecified atom stereocenters. The van der Waals surface area contributed by atoms with E-state index in [1.54, 1.807) is 0 Å². The van der Waals surface area contributed by atoms with Crippen molar-refractivity contribution in [1.29, 1.82) is 0 Å². The summed E-state index contributed by atoms with van der Waals surface area (Å²) >= 11 is 0. The summed E-state index contributed by atoms with van der Waals surface area (Å²) in [7, 11) is 0. The summed E-state index contributed by atoms with van der Waals surface area (Å²) in [4.78, 5) is 1.88. The van der Waals surface area contributed by atoms with Crippen molar-refractivity contribution >= 4 is 0 Å². The molecule has 1 saturated heterocycles. The van der Waals surface area contributed by atoms with E-state index in [9.17, 15) is 13.2 Å². The Morgan fingerprint density at radius 3 is 2.39 bits per heavy atom. The van der Waals surface area contributed by atoms with Crippen LogP contribution in [0, 0.1) is 17.5 Å². The molecule has 2 nitrogen and oxygen atoms in total. The molecule has 1 aromatic carbocycles. The third kappa shape index (κ3) is 2.42. The van der Waals surface area contributed by atoms with Gasteiger partial charge in [-0.3, -0.25) is 4.90 Å². The van der Waals surface area contributed by atoms with Gasteiger partial charge in [0, 0.05) is 31.7 Å². The lowest BCUT2D eigenvalue weighted by Crippen LogP contribution is -2.45. The predicted molar refractivity (Wildman–Crippen MR) is 63.7 cm³/mol. The summed E-state index contributed by atoms with van der Waals surface area (Å²) < 4.78 is 40.7. The zero-order chi connectivity index (χ0) is 13.1. The Morgan fingerprint density at radius 2 is 1.78 bits per heavy atom. The second kappa shape index (κ2) is 5.54. The predicted octanol–water partition coefficient (Wildman–Crippen LogP) is 2.24. The van der Waals surface area contributed by atoms with Gasteiger partial charge in [0.1, 0.15) is 5.82 Å². The molecule has 2 rings (SSSR count). The van der Waals surface area contributed by atoms with Crippen LogP contribution in [0.2, 0.25) is 0 Å². The molecule has 0 radical (unpaired) electrons. The van der Waals surface area contributed by atoms with Crippen molar-refractivity contribution in [1.82, 2.24) is 10.2 Å². The van der Waals surface area contributed by atoms with Gasteiger partial charge in [0.25, 0.3) is 0 Å². The largest absolute Gasteiger partial charge is 0.314 e. The first-order valence-corrected chi connectivity index (χ1v) is 5.86. The van der Waals surface area contributed by atoms with Crippen molar-refractivity contribution in [3.8, 4) is 0 Å². The molecule has 0 spiro atoms. The van der Waals surface area contributed by atoms with Gasteiger partial charge in [-0.2, -0.15) is 0 Å². The van der Waals surface area contributed by atoms with Gasteiger partial charge in [-0.05, 0) is 12.1 Å². The van der Waals surface area contributed by atoms with Crippen LogP contribution in [0.15, 0.2) is 24.8 Å². The molecule has 0 amide bonds. The van der Waals surface area contributed by atoms with Crippen LogP contribution in [0.4, 0.5) is 13.2 Å². The lowest BCUT2D eigenvalue weighted by Gasteiger charge is -2.33. The van der Waals surface area contributed by atoms with Crippen LogP contribution in [0.25, 0.3) is 0 Å². The SMILES string of the molecule is C=C[C@H](c1c(F)ccc(F)c1F)N1CCNCC1. The zero-order valence-corrected chi connectivity index (χ0v) is 9.93. The molecular weight excluding hydrogens is 241 g/mol. The summed E-state index contributed by atoms with van der Waals surface area (Å²) in [5.41, 5.74) is -0.257. The highest BCUT2D eigenvalue weighted by Crippen LogP contribution is 2.28. The Hall–Kier alpha value is -1.33. The fraction of sp³-hybridized carbons (Fsp3) is 0.385. The van der Waals surface area contributed by atoms with Gasteiger partial charge in [-0.25, -0.2) is 13.2 Å². The molecule has 0 saturated carbocycles. The normalized spacial score (nSPS) is 18.6. The average Bonchev–Trinajstić information content (AvgIpc) is 2.40. The third-order valence-electron chi connectivity index (χ3n) is 3.14. The van der Waals surface area contributed by atoms with Crippen LogP contribution in [0.5, 0.6) is 0 Å². The Labute approximate surface area is 104 Å². The molecule has 1 N–H and O–H groups in total. The smallest absolute Gasteiger partial charge is 0.166 e. The molecule has 0 aromatic heterocycles. The van der Waals surface area contributed by atoms with E-state index in [2.05, 4.69) is 11.9 Å². The van der Waals surface area contributed by atoms with E-state index in [1.807, 2.05) is 4.90 Å². The van der Waals surface area contributed by atoms with Crippen LogP contribution in [0.1, 0.15) is 11.6 Å². The summed E-state index contributed by atoms with van der Waals surface area (Å²) in [5, 5.41) is 3.15. The van der Waals surface area contributed by atoms with Gasteiger partial charge >= 0.3 is 0 Å². The van der Waals surface area contributed by atoms with Gasteiger partial charge in [0.05, 0.1) is 6.04 Å². The van der Waals surface area contributed by atoms with Crippen molar-refractivity contribution in [3.05, 3.63) is 47.8 Å². The summed E-state index contributed by atoms with van der Waals surface area (Å²) in [5.74, 6) is -2.90. The molecule has 0 aliphatic carbocycles. The highest BCUT2D eigenvalue weighted by atomic mass is 19.2. The van der Waals surface area contributed by atoms with Crippen LogP contribution in [-0.2, 0) is 0 Å². The van der Waals surface area contributed by atoms with E-state index in [0.717, 1.165) is 25.2 Å². The minimum Gasteiger partial charge on any atom is -0.314 e. The van der Waals surface area contributed by atoms with E-state index in [0.29, 0.717) is 13.1 Å². The minimum absolute atomic E-state index is 0.257. The van der Waals surface area contributed by atoms with E-state index >= 15 is 0 Å². The average molecular weight is 256 g/mol. The fourth-order valence-corrected chi connectivity index (χ4v) is 2.22. The van der Waals surface area contributed by atoms with Gasteiger partial charge in [0.2, 0.25) is 0 Å². The Bertz CT molecular complexity index is 442. The number of hydrogen-bond acceptors (Lipinski definition) is 2. The molecule has 1 aromatic rings. The van der Waals surface area contributed by atoms with Crippen molar-refractivity contribution in [3.63, 3.8) is 0 Å². The van der Waals surface area contributed by atoms with Crippen LogP contribution >= 0.6 is 0 Å². The number of nitrogens with zero attached hydrogens (tertiary/aromatic N) is 1. The summed E-state index contributed by atoms with van der Waals surface area (Å²) in [6.45, 7) is 6.37. The standard InChI is InChI=1S/C13H15F3N2/c1-2-11(18-7-5-17-6-8-18)12-9(14)3-4-10(15)13(12)16/h2-4,11,17H,1,5-8H2/t11-/m1/s1. The van der Waals surface area contributed by atoms with Gasteiger partial charge in [-0.15, -0.1) is 6.58 Å². The summed E-state index contributed by atoms with van der Waals surface area (Å²) in [6.07, 6.45) is 1.45. The summed E-state index contributed by atoms with van der Waals surface area (Å²) in [6, 6.07) is 1.11. The Balaban J connectivity index is 2.37. The molecule has 0 bridgehead atoms. The quantitative estimate of drug-likeness (QED) is 0.659. The highest BCUT2D eigenvalue weighted by Gasteiger charge is 2.26. The van der Waals surface area contributed by atoms with Gasteiger partial charge in [0.15, 0.2) is 11.6 Å². The molecule has 1 aliphatic heterocycles. The second-order valence-electron chi connectivity index (χ2n) is 4.22. The first-order valence-electron chi connectivity index (χ1n) is 5.86. The lowest BCUT2D eigenvalue weighted by atomic mass is 10.0. The molecule has 1 fully saturated rings. The van der Waals surface area contributed by atoms with Gasteiger partial charge in [-0.1, -0.05) is 6.08 Å². The topological polar surface area (TPSA) is 15.3 Å². The molecule has 98 valence electrons.